The average molecular weight is 354 g/mol. The Labute approximate surface area is 149 Å². The lowest BCUT2D eigenvalue weighted by atomic mass is 9.57. The molecule has 0 radical (unpaired) electrons. The number of fused-ring (bicyclic) bond motifs is 4. The monoisotopic (exact) mass is 354 g/mol. The number of rotatable bonds is 1. The van der Waals surface area contributed by atoms with Gasteiger partial charge in [0, 0.05) is 40.0 Å². The van der Waals surface area contributed by atoms with Gasteiger partial charge in [-0.3, -0.25) is 9.59 Å². The van der Waals surface area contributed by atoms with Crippen LogP contribution in [-0.4, -0.2) is 39.6 Å². The van der Waals surface area contributed by atoms with E-state index in [1.807, 2.05) is 0 Å². The SMILES string of the molecule is C[C@@]12c3ccc4c(c3C(=O)c3occ(c31)C(O)[C@@H](CO)[C@H]2O)CCC4=O. The molecular weight excluding hydrogens is 336 g/mol. The van der Waals surface area contributed by atoms with Gasteiger partial charge in [0.2, 0.25) is 5.78 Å². The fourth-order valence-corrected chi connectivity index (χ4v) is 5.11. The van der Waals surface area contributed by atoms with E-state index in [4.69, 9.17) is 4.42 Å². The maximum Gasteiger partial charge on any atom is 0.229 e. The van der Waals surface area contributed by atoms with Gasteiger partial charge in [-0.2, -0.15) is 0 Å². The van der Waals surface area contributed by atoms with E-state index in [1.54, 1.807) is 19.1 Å². The van der Waals surface area contributed by atoms with E-state index in [0.29, 0.717) is 46.2 Å². The van der Waals surface area contributed by atoms with Crippen LogP contribution in [0.25, 0.3) is 0 Å². The van der Waals surface area contributed by atoms with Crippen molar-refractivity contribution in [2.45, 2.75) is 37.4 Å². The maximum absolute atomic E-state index is 13.2. The van der Waals surface area contributed by atoms with Gasteiger partial charge in [-0.25, -0.2) is 0 Å². The average Bonchev–Trinajstić information content (AvgIpc) is 3.23. The quantitative estimate of drug-likeness (QED) is 0.712. The highest BCUT2D eigenvalue weighted by atomic mass is 16.3. The Morgan fingerprint density at radius 3 is 2.73 bits per heavy atom. The first-order valence-electron chi connectivity index (χ1n) is 8.74. The zero-order valence-corrected chi connectivity index (χ0v) is 14.2. The topological polar surface area (TPSA) is 108 Å². The molecule has 6 nitrogen and oxygen atoms in total. The maximum atomic E-state index is 13.2. The molecule has 3 N–H and O–H groups in total. The number of carbonyl (C=O) groups excluding carboxylic acids is 2. The molecule has 0 fully saturated rings. The number of aliphatic hydroxyl groups excluding tert-OH is 3. The van der Waals surface area contributed by atoms with Crippen LogP contribution in [0.15, 0.2) is 22.8 Å². The van der Waals surface area contributed by atoms with E-state index >= 15 is 0 Å². The number of Topliss-reactive ketones (excluding diaryl/α,β-unsaturated/α-hetero) is 1. The van der Waals surface area contributed by atoms with E-state index in [-0.39, 0.29) is 17.3 Å². The van der Waals surface area contributed by atoms with Crippen molar-refractivity contribution in [3.8, 4) is 0 Å². The molecular formula is C20H18O6. The number of aliphatic hydroxyl groups is 3. The zero-order chi connectivity index (χ0) is 18.4. The van der Waals surface area contributed by atoms with Crippen molar-refractivity contribution in [2.75, 3.05) is 6.61 Å². The molecule has 1 aromatic heterocycles. The van der Waals surface area contributed by atoms with Crippen LogP contribution in [0.5, 0.6) is 0 Å². The Balaban J connectivity index is 1.87. The van der Waals surface area contributed by atoms with Gasteiger partial charge in [0.1, 0.15) is 0 Å². The van der Waals surface area contributed by atoms with Crippen molar-refractivity contribution in [1.82, 2.24) is 0 Å². The van der Waals surface area contributed by atoms with Crippen LogP contribution in [0.3, 0.4) is 0 Å². The third kappa shape index (κ3) is 1.58. The Hall–Kier alpha value is -2.28. The van der Waals surface area contributed by atoms with Crippen LogP contribution >= 0.6 is 0 Å². The van der Waals surface area contributed by atoms with Gasteiger partial charge >= 0.3 is 0 Å². The second-order valence-electron chi connectivity index (χ2n) is 7.60. The van der Waals surface area contributed by atoms with Gasteiger partial charge in [0.15, 0.2) is 11.5 Å². The summed E-state index contributed by atoms with van der Waals surface area (Å²) in [6.45, 7) is 1.41. The molecule has 0 bridgehead atoms. The summed E-state index contributed by atoms with van der Waals surface area (Å²) in [5, 5.41) is 31.4. The molecule has 0 amide bonds. The molecule has 1 aromatic carbocycles. The van der Waals surface area contributed by atoms with E-state index < -0.39 is 30.1 Å². The van der Waals surface area contributed by atoms with Crippen LogP contribution in [0, 0.1) is 5.92 Å². The molecule has 26 heavy (non-hydrogen) atoms. The van der Waals surface area contributed by atoms with Gasteiger partial charge in [-0.15, -0.1) is 0 Å². The number of ketones is 2. The number of hydrogen-bond donors (Lipinski definition) is 3. The molecule has 6 heteroatoms. The summed E-state index contributed by atoms with van der Waals surface area (Å²) in [6.07, 6.45) is -0.0112. The summed E-state index contributed by atoms with van der Waals surface area (Å²) in [4.78, 5) is 25.3. The van der Waals surface area contributed by atoms with Crippen LogP contribution in [-0.2, 0) is 11.8 Å². The number of furan rings is 1. The fraction of sp³-hybridized carbons (Fsp3) is 0.400. The molecule has 4 atom stereocenters. The summed E-state index contributed by atoms with van der Waals surface area (Å²) >= 11 is 0. The van der Waals surface area contributed by atoms with Crippen molar-refractivity contribution >= 4 is 11.6 Å². The van der Waals surface area contributed by atoms with E-state index in [9.17, 15) is 24.9 Å². The lowest BCUT2D eigenvalue weighted by Gasteiger charge is -2.47. The van der Waals surface area contributed by atoms with Crippen molar-refractivity contribution in [3.63, 3.8) is 0 Å². The van der Waals surface area contributed by atoms with Gasteiger partial charge in [0.25, 0.3) is 0 Å². The number of hydrogen-bond acceptors (Lipinski definition) is 6. The minimum absolute atomic E-state index is 0.0135. The molecule has 134 valence electrons. The van der Waals surface area contributed by atoms with Gasteiger partial charge in [0.05, 0.1) is 25.1 Å². The first kappa shape index (κ1) is 15.9. The summed E-state index contributed by atoms with van der Waals surface area (Å²) in [5.41, 5.74) is 2.24. The van der Waals surface area contributed by atoms with Crippen LogP contribution in [0.4, 0.5) is 0 Å². The smallest absolute Gasteiger partial charge is 0.229 e. The molecule has 0 spiro atoms. The summed E-state index contributed by atoms with van der Waals surface area (Å²) in [6, 6.07) is 3.45. The number of carbonyl (C=O) groups is 2. The highest BCUT2D eigenvalue weighted by molar-refractivity contribution is 6.15. The molecule has 1 heterocycles. The lowest BCUT2D eigenvalue weighted by Crippen LogP contribution is -2.52. The molecule has 5 rings (SSSR count). The molecule has 0 saturated heterocycles. The van der Waals surface area contributed by atoms with E-state index in [2.05, 4.69) is 0 Å². The second kappa shape index (κ2) is 4.91. The number of benzene rings is 1. The highest BCUT2D eigenvalue weighted by Crippen LogP contribution is 2.55. The standard InChI is InChI=1S/C20H18O6/c1-20-12-4-2-8-9(3-5-13(8)22)14(12)17(24)18-15(20)11(7-26-18)16(23)10(6-21)19(20)25/h2,4,7,10,16,19,21,23,25H,3,5-6H2,1H3/t10-,16?,19-,20-/m1/s1. The normalized spacial score (nSPS) is 31.6. The zero-order valence-electron chi connectivity index (χ0n) is 14.2. The molecule has 3 aliphatic carbocycles. The van der Waals surface area contributed by atoms with Gasteiger partial charge in [-0.05, 0) is 24.5 Å². The van der Waals surface area contributed by atoms with Crippen molar-refractivity contribution in [3.05, 3.63) is 57.5 Å². The Morgan fingerprint density at radius 1 is 1.23 bits per heavy atom. The van der Waals surface area contributed by atoms with Crippen LogP contribution < -0.4 is 0 Å². The Kier molecular flexibility index (Phi) is 3.01. The Bertz CT molecular complexity index is 986. The largest absolute Gasteiger partial charge is 0.460 e. The van der Waals surface area contributed by atoms with Gasteiger partial charge < -0.3 is 19.7 Å². The predicted octanol–water partition coefficient (Wildman–Crippen LogP) is 1.28. The molecule has 2 aromatic rings. The predicted molar refractivity (Wildman–Crippen MR) is 89.2 cm³/mol. The first-order valence-corrected chi connectivity index (χ1v) is 8.74. The highest BCUT2D eigenvalue weighted by Gasteiger charge is 2.57. The summed E-state index contributed by atoms with van der Waals surface area (Å²) in [7, 11) is 0. The van der Waals surface area contributed by atoms with E-state index in [1.165, 1.54) is 6.26 Å². The fourth-order valence-electron chi connectivity index (χ4n) is 5.11. The first-order chi connectivity index (χ1) is 12.4. The third-order valence-corrected chi connectivity index (χ3v) is 6.48. The molecule has 0 saturated carbocycles. The molecule has 0 aliphatic heterocycles. The lowest BCUT2D eigenvalue weighted by molar-refractivity contribution is -0.0565. The van der Waals surface area contributed by atoms with E-state index in [0.717, 1.165) is 0 Å². The van der Waals surface area contributed by atoms with Crippen molar-refractivity contribution in [1.29, 1.82) is 0 Å². The second-order valence-corrected chi connectivity index (χ2v) is 7.60. The van der Waals surface area contributed by atoms with Crippen molar-refractivity contribution < 1.29 is 29.3 Å². The Morgan fingerprint density at radius 2 is 2.00 bits per heavy atom. The van der Waals surface area contributed by atoms with Crippen LogP contribution in [0.2, 0.25) is 0 Å². The molecule has 1 unspecified atom stereocenters. The van der Waals surface area contributed by atoms with Gasteiger partial charge in [-0.1, -0.05) is 12.1 Å². The summed E-state index contributed by atoms with van der Waals surface area (Å²) < 4.78 is 5.53. The third-order valence-electron chi connectivity index (χ3n) is 6.48. The molecule has 3 aliphatic rings. The van der Waals surface area contributed by atoms with Crippen molar-refractivity contribution in [2.24, 2.45) is 5.92 Å². The summed E-state index contributed by atoms with van der Waals surface area (Å²) in [5.74, 6) is -0.988. The minimum atomic E-state index is -1.11. The van der Waals surface area contributed by atoms with Crippen LogP contribution in [0.1, 0.15) is 68.2 Å². The minimum Gasteiger partial charge on any atom is -0.460 e.